The molecule has 0 radical (unpaired) electrons. The third-order valence-corrected chi connectivity index (χ3v) is 6.69. The van der Waals surface area contributed by atoms with Crippen LogP contribution in [0.3, 0.4) is 0 Å². The Kier molecular flexibility index (Phi) is 4.77. The van der Waals surface area contributed by atoms with Crippen LogP contribution in [0.15, 0.2) is 24.5 Å². The number of hydrogen-bond donors (Lipinski definition) is 4. The smallest absolute Gasteiger partial charge is 0.407 e. The van der Waals surface area contributed by atoms with E-state index < -0.39 is 11.7 Å². The van der Waals surface area contributed by atoms with Crippen molar-refractivity contribution in [1.29, 1.82) is 0 Å². The molecule has 0 aromatic carbocycles. The number of aromatic nitrogens is 2. The van der Waals surface area contributed by atoms with E-state index in [4.69, 9.17) is 0 Å². The summed E-state index contributed by atoms with van der Waals surface area (Å²) in [6.07, 6.45) is 4.72. The van der Waals surface area contributed by atoms with E-state index in [0.717, 1.165) is 23.7 Å². The largest absolute Gasteiger partial charge is 0.465 e. The van der Waals surface area contributed by atoms with Crippen LogP contribution in [-0.4, -0.2) is 62.3 Å². The number of hydrogen-bond acceptors (Lipinski definition) is 4. The van der Waals surface area contributed by atoms with Gasteiger partial charge in [0.05, 0.1) is 5.60 Å². The number of pyridine rings is 1. The summed E-state index contributed by atoms with van der Waals surface area (Å²) < 4.78 is 0. The van der Waals surface area contributed by atoms with Gasteiger partial charge < -0.3 is 25.4 Å². The van der Waals surface area contributed by atoms with Crippen LogP contribution in [0.5, 0.6) is 0 Å². The Labute approximate surface area is 169 Å². The van der Waals surface area contributed by atoms with Gasteiger partial charge in [0.1, 0.15) is 5.69 Å². The van der Waals surface area contributed by atoms with Crippen LogP contribution >= 0.6 is 0 Å². The van der Waals surface area contributed by atoms with Crippen LogP contribution in [0, 0.1) is 17.3 Å². The van der Waals surface area contributed by atoms with Crippen molar-refractivity contribution in [3.63, 3.8) is 0 Å². The van der Waals surface area contributed by atoms with Gasteiger partial charge in [-0.3, -0.25) is 9.78 Å². The molecule has 156 valence electrons. The van der Waals surface area contributed by atoms with E-state index >= 15 is 0 Å². The number of rotatable bonds is 5. The van der Waals surface area contributed by atoms with E-state index in [9.17, 15) is 19.8 Å². The summed E-state index contributed by atoms with van der Waals surface area (Å²) in [6.45, 7) is 5.16. The zero-order chi connectivity index (χ0) is 20.8. The Morgan fingerprint density at radius 1 is 1.34 bits per heavy atom. The fourth-order valence-corrected chi connectivity index (χ4v) is 5.15. The van der Waals surface area contributed by atoms with Gasteiger partial charge in [0.25, 0.3) is 5.91 Å². The summed E-state index contributed by atoms with van der Waals surface area (Å²) >= 11 is 0. The first kappa shape index (κ1) is 19.7. The molecule has 1 saturated carbocycles. The predicted molar refractivity (Wildman–Crippen MR) is 108 cm³/mol. The lowest BCUT2D eigenvalue weighted by Gasteiger charge is -2.32. The van der Waals surface area contributed by atoms with E-state index in [1.807, 2.05) is 6.07 Å². The molecule has 29 heavy (non-hydrogen) atoms. The number of H-pyrrole nitrogens is 1. The van der Waals surface area contributed by atoms with Crippen molar-refractivity contribution in [2.24, 2.45) is 17.3 Å². The first-order chi connectivity index (χ1) is 13.7. The zero-order valence-corrected chi connectivity index (χ0v) is 16.8. The molecule has 1 aliphatic carbocycles. The highest BCUT2D eigenvalue weighted by Crippen LogP contribution is 2.66. The molecule has 8 heteroatoms. The highest BCUT2D eigenvalue weighted by molar-refractivity contribution is 5.97. The predicted octanol–water partition coefficient (Wildman–Crippen LogP) is 2.46. The second-order valence-corrected chi connectivity index (χ2v) is 9.09. The van der Waals surface area contributed by atoms with E-state index in [2.05, 4.69) is 15.3 Å². The van der Waals surface area contributed by atoms with Gasteiger partial charge in [-0.05, 0) is 62.5 Å². The van der Waals surface area contributed by atoms with Crippen LogP contribution in [0.1, 0.15) is 43.6 Å². The van der Waals surface area contributed by atoms with Gasteiger partial charge in [-0.1, -0.05) is 0 Å². The Hall–Kier alpha value is -2.61. The minimum Gasteiger partial charge on any atom is -0.465 e. The molecule has 2 amide bonds. The minimum absolute atomic E-state index is 0.00357. The lowest BCUT2D eigenvalue weighted by Crippen LogP contribution is -2.40. The molecule has 1 aliphatic heterocycles. The number of nitrogens with zero attached hydrogens (tertiary/aromatic N) is 2. The highest BCUT2D eigenvalue weighted by atomic mass is 16.4. The average Bonchev–Trinajstić information content (AvgIpc) is 3.03. The van der Waals surface area contributed by atoms with Crippen LogP contribution < -0.4 is 5.32 Å². The van der Waals surface area contributed by atoms with Crippen LogP contribution in [0.4, 0.5) is 4.79 Å². The normalized spacial score (nSPS) is 23.3. The molecule has 2 unspecified atom stereocenters. The molecule has 1 spiro atoms. The van der Waals surface area contributed by atoms with Crippen molar-refractivity contribution in [2.45, 2.75) is 38.7 Å². The van der Waals surface area contributed by atoms with Crippen molar-refractivity contribution >= 4 is 22.9 Å². The number of carbonyl (C=O) groups excluding carboxylic acids is 1. The molecule has 4 rings (SSSR count). The molecule has 3 heterocycles. The summed E-state index contributed by atoms with van der Waals surface area (Å²) in [6, 6.07) is 3.62. The SMILES string of the molecule is CC(C)(O)CC1C(CNC(=O)c2cc3cnccc3[nH]2)C12CCN(C(=O)O)CC2. The van der Waals surface area contributed by atoms with Crippen molar-refractivity contribution in [3.05, 3.63) is 30.2 Å². The number of carbonyl (C=O) groups is 2. The Morgan fingerprint density at radius 2 is 2.07 bits per heavy atom. The molecule has 2 aromatic rings. The van der Waals surface area contributed by atoms with E-state index in [0.29, 0.717) is 31.7 Å². The van der Waals surface area contributed by atoms with E-state index in [1.165, 1.54) is 4.90 Å². The van der Waals surface area contributed by atoms with E-state index in [-0.39, 0.29) is 23.2 Å². The van der Waals surface area contributed by atoms with Crippen molar-refractivity contribution < 1.29 is 19.8 Å². The summed E-state index contributed by atoms with van der Waals surface area (Å²) in [4.78, 5) is 32.5. The quantitative estimate of drug-likeness (QED) is 0.615. The summed E-state index contributed by atoms with van der Waals surface area (Å²) in [5.41, 5.74) is 0.588. The Bertz CT molecular complexity index is 891. The molecular weight excluding hydrogens is 372 g/mol. The third-order valence-electron chi connectivity index (χ3n) is 6.69. The Balaban J connectivity index is 1.43. The molecule has 1 saturated heterocycles. The fourth-order valence-electron chi connectivity index (χ4n) is 5.15. The number of aliphatic hydroxyl groups is 1. The molecule has 2 aliphatic rings. The molecule has 8 nitrogen and oxygen atoms in total. The van der Waals surface area contributed by atoms with Gasteiger partial charge in [0.15, 0.2) is 0 Å². The molecular formula is C21H28N4O4. The third kappa shape index (κ3) is 3.81. The first-order valence-corrected chi connectivity index (χ1v) is 10.1. The maximum Gasteiger partial charge on any atom is 0.407 e. The van der Waals surface area contributed by atoms with E-state index in [1.54, 1.807) is 32.3 Å². The number of fused-ring (bicyclic) bond motifs is 1. The van der Waals surface area contributed by atoms with Crippen molar-refractivity contribution in [2.75, 3.05) is 19.6 Å². The number of amides is 2. The Morgan fingerprint density at radius 3 is 2.69 bits per heavy atom. The molecule has 2 fully saturated rings. The van der Waals surface area contributed by atoms with Crippen molar-refractivity contribution in [1.82, 2.24) is 20.2 Å². The van der Waals surface area contributed by atoms with Gasteiger partial charge in [0, 0.05) is 42.9 Å². The number of aromatic amines is 1. The second kappa shape index (κ2) is 7.02. The number of nitrogens with one attached hydrogen (secondary N) is 2. The molecule has 2 atom stereocenters. The number of likely N-dealkylation sites (tertiary alicyclic amines) is 1. The second-order valence-electron chi connectivity index (χ2n) is 9.09. The lowest BCUT2D eigenvalue weighted by atomic mass is 9.87. The van der Waals surface area contributed by atoms with Gasteiger partial charge in [-0.15, -0.1) is 0 Å². The summed E-state index contributed by atoms with van der Waals surface area (Å²) in [5, 5.41) is 23.5. The molecule has 4 N–H and O–H groups in total. The van der Waals surface area contributed by atoms with Crippen LogP contribution in [0.25, 0.3) is 10.9 Å². The number of carboxylic acid groups (broad SMARTS) is 1. The number of piperidine rings is 1. The van der Waals surface area contributed by atoms with Gasteiger partial charge >= 0.3 is 6.09 Å². The highest BCUT2D eigenvalue weighted by Gasteiger charge is 2.64. The van der Waals surface area contributed by atoms with Crippen LogP contribution in [-0.2, 0) is 0 Å². The minimum atomic E-state index is -0.877. The monoisotopic (exact) mass is 400 g/mol. The maximum absolute atomic E-state index is 12.7. The maximum atomic E-state index is 12.7. The molecule has 2 aromatic heterocycles. The zero-order valence-electron chi connectivity index (χ0n) is 16.8. The first-order valence-electron chi connectivity index (χ1n) is 10.1. The van der Waals surface area contributed by atoms with Gasteiger partial charge in [0.2, 0.25) is 0 Å². The van der Waals surface area contributed by atoms with Crippen LogP contribution in [0.2, 0.25) is 0 Å². The van der Waals surface area contributed by atoms with Gasteiger partial charge in [-0.2, -0.15) is 0 Å². The lowest BCUT2D eigenvalue weighted by molar-refractivity contribution is 0.0545. The summed E-state index contributed by atoms with van der Waals surface area (Å²) in [5.74, 6) is 0.374. The van der Waals surface area contributed by atoms with Crippen molar-refractivity contribution in [3.8, 4) is 0 Å². The fraction of sp³-hybridized carbons (Fsp3) is 0.571. The van der Waals surface area contributed by atoms with Gasteiger partial charge in [-0.25, -0.2) is 4.79 Å². The summed E-state index contributed by atoms with van der Waals surface area (Å²) in [7, 11) is 0. The molecule has 0 bridgehead atoms. The topological polar surface area (TPSA) is 119 Å². The standard InChI is InChI=1S/C21H28N4O4/c1-20(2,29)10-14-15(21(14)4-7-25(8-5-21)19(27)28)12-23-18(26)17-9-13-11-22-6-3-16(13)24-17/h3,6,9,11,14-15,24,29H,4-5,7-8,10,12H2,1-2H3,(H,23,26)(H,27,28). The average molecular weight is 400 g/mol.